The maximum absolute atomic E-state index is 12.4. The van der Waals surface area contributed by atoms with Crippen molar-refractivity contribution in [3.05, 3.63) is 65.7 Å². The highest BCUT2D eigenvalue weighted by Gasteiger charge is 2.31. The average molecular weight is 388 g/mol. The van der Waals surface area contributed by atoms with Crippen molar-refractivity contribution in [1.82, 2.24) is 4.72 Å². The van der Waals surface area contributed by atoms with E-state index in [1.165, 1.54) is 26.2 Å². The van der Waals surface area contributed by atoms with Crippen LogP contribution in [0, 0.1) is 11.3 Å². The molecule has 7 nitrogen and oxygen atoms in total. The lowest BCUT2D eigenvalue weighted by atomic mass is 10.1. The highest BCUT2D eigenvalue weighted by molar-refractivity contribution is 7.88. The molecular weight excluding hydrogens is 368 g/mol. The van der Waals surface area contributed by atoms with Gasteiger partial charge in [0.15, 0.2) is 5.54 Å². The van der Waals surface area contributed by atoms with Crippen LogP contribution in [0.15, 0.2) is 54.6 Å². The van der Waals surface area contributed by atoms with E-state index >= 15 is 0 Å². The Bertz CT molecular complexity index is 921. The van der Waals surface area contributed by atoms with Crippen molar-refractivity contribution in [2.24, 2.45) is 0 Å². The van der Waals surface area contributed by atoms with Gasteiger partial charge < -0.3 is 9.47 Å². The molecule has 0 aromatic heterocycles. The summed E-state index contributed by atoms with van der Waals surface area (Å²) >= 11 is 0. The minimum absolute atomic E-state index is 0.199. The fraction of sp³-hybridized carbons (Fsp3) is 0.263. The first kappa shape index (κ1) is 20.4. The number of esters is 1. The molecule has 2 rings (SSSR count). The van der Waals surface area contributed by atoms with Crippen LogP contribution >= 0.6 is 0 Å². The van der Waals surface area contributed by atoms with E-state index in [0.29, 0.717) is 16.9 Å². The zero-order valence-electron chi connectivity index (χ0n) is 15.0. The summed E-state index contributed by atoms with van der Waals surface area (Å²) in [6.07, 6.45) is 0. The van der Waals surface area contributed by atoms with Crippen LogP contribution in [0.5, 0.6) is 5.75 Å². The standard InChI is InChI=1S/C19H20N2O5S/c1-19(13-20,21-27(23,24)12-15-6-4-3-5-7-15)14-26-17-10-8-16(9-11-17)18(22)25-2/h3-11,21H,12,14H2,1-2H3. The Hall–Kier alpha value is -2.89. The second kappa shape index (κ2) is 8.66. The van der Waals surface area contributed by atoms with Gasteiger partial charge in [-0.2, -0.15) is 9.98 Å². The topological polar surface area (TPSA) is 105 Å². The van der Waals surface area contributed by atoms with E-state index in [4.69, 9.17) is 4.74 Å². The monoisotopic (exact) mass is 388 g/mol. The van der Waals surface area contributed by atoms with Crippen molar-refractivity contribution in [2.45, 2.75) is 18.2 Å². The Morgan fingerprint density at radius 1 is 1.15 bits per heavy atom. The second-order valence-corrected chi connectivity index (χ2v) is 7.82. The number of carbonyl (C=O) groups is 1. The third-order valence-corrected chi connectivity index (χ3v) is 5.10. The molecule has 1 N–H and O–H groups in total. The second-order valence-electron chi connectivity index (χ2n) is 6.10. The Morgan fingerprint density at radius 2 is 1.78 bits per heavy atom. The van der Waals surface area contributed by atoms with Gasteiger partial charge in [0, 0.05) is 0 Å². The minimum atomic E-state index is -3.74. The first-order valence-electron chi connectivity index (χ1n) is 8.05. The van der Waals surface area contributed by atoms with E-state index in [1.54, 1.807) is 42.5 Å². The van der Waals surface area contributed by atoms with Gasteiger partial charge in [0.05, 0.1) is 24.5 Å². The zero-order valence-corrected chi connectivity index (χ0v) is 15.8. The van der Waals surface area contributed by atoms with E-state index in [1.807, 2.05) is 6.07 Å². The largest absolute Gasteiger partial charge is 0.491 e. The lowest BCUT2D eigenvalue weighted by Gasteiger charge is -2.23. The van der Waals surface area contributed by atoms with Gasteiger partial charge in [0.2, 0.25) is 10.0 Å². The van der Waals surface area contributed by atoms with Crippen LogP contribution in [-0.2, 0) is 20.5 Å². The highest BCUT2D eigenvalue weighted by Crippen LogP contribution is 2.16. The average Bonchev–Trinajstić information content (AvgIpc) is 2.66. The maximum atomic E-state index is 12.4. The molecule has 0 heterocycles. The summed E-state index contributed by atoms with van der Waals surface area (Å²) < 4.78 is 37.3. The number of sulfonamides is 1. The van der Waals surface area contributed by atoms with Crippen LogP contribution < -0.4 is 9.46 Å². The van der Waals surface area contributed by atoms with Crippen LogP contribution in [0.4, 0.5) is 0 Å². The number of rotatable bonds is 8. The Kier molecular flexibility index (Phi) is 6.55. The van der Waals surface area contributed by atoms with Gasteiger partial charge in [-0.25, -0.2) is 13.2 Å². The summed E-state index contributed by atoms with van der Waals surface area (Å²) in [4.78, 5) is 11.4. The number of ether oxygens (including phenoxy) is 2. The molecule has 0 saturated heterocycles. The maximum Gasteiger partial charge on any atom is 0.337 e. The number of benzene rings is 2. The summed E-state index contributed by atoms with van der Waals surface area (Å²) in [7, 11) is -2.46. The predicted octanol–water partition coefficient (Wildman–Crippen LogP) is 2.25. The van der Waals surface area contributed by atoms with Gasteiger partial charge in [-0.1, -0.05) is 30.3 Å². The number of methoxy groups -OCH3 is 1. The van der Waals surface area contributed by atoms with Crippen molar-refractivity contribution in [3.63, 3.8) is 0 Å². The molecule has 142 valence electrons. The number of carbonyl (C=O) groups excluding carboxylic acids is 1. The summed E-state index contributed by atoms with van der Waals surface area (Å²) in [5, 5.41) is 9.42. The predicted molar refractivity (Wildman–Crippen MR) is 99.5 cm³/mol. The van der Waals surface area contributed by atoms with E-state index in [2.05, 4.69) is 9.46 Å². The SMILES string of the molecule is COC(=O)c1ccc(OCC(C)(C#N)NS(=O)(=O)Cc2ccccc2)cc1. The van der Waals surface area contributed by atoms with Crippen LogP contribution in [0.3, 0.4) is 0 Å². The molecular formula is C19H20N2O5S. The smallest absolute Gasteiger partial charge is 0.337 e. The van der Waals surface area contributed by atoms with Gasteiger partial charge in [-0.15, -0.1) is 0 Å². The molecule has 1 unspecified atom stereocenters. The number of nitrogens with zero attached hydrogens (tertiary/aromatic N) is 1. The molecule has 0 fully saturated rings. The quantitative estimate of drug-likeness (QED) is 0.696. The van der Waals surface area contributed by atoms with Crippen molar-refractivity contribution in [1.29, 1.82) is 5.26 Å². The van der Waals surface area contributed by atoms with Gasteiger partial charge in [0.1, 0.15) is 12.4 Å². The number of hydrogen-bond donors (Lipinski definition) is 1. The van der Waals surface area contributed by atoms with Crippen molar-refractivity contribution >= 4 is 16.0 Å². The van der Waals surface area contributed by atoms with Gasteiger partial charge in [-0.3, -0.25) is 0 Å². The number of nitrogens with one attached hydrogen (secondary N) is 1. The summed E-state index contributed by atoms with van der Waals surface area (Å²) in [6.45, 7) is 1.24. The zero-order chi connectivity index (χ0) is 19.9. The van der Waals surface area contributed by atoms with Crippen LogP contribution in [-0.4, -0.2) is 33.6 Å². The van der Waals surface area contributed by atoms with Crippen LogP contribution in [0.1, 0.15) is 22.8 Å². The Labute approximate surface area is 158 Å². The lowest BCUT2D eigenvalue weighted by molar-refractivity contribution is 0.0600. The molecule has 0 aliphatic heterocycles. The fourth-order valence-corrected chi connectivity index (χ4v) is 3.78. The molecule has 0 bridgehead atoms. The van der Waals surface area contributed by atoms with Crippen molar-refractivity contribution < 1.29 is 22.7 Å². The number of hydrogen-bond acceptors (Lipinski definition) is 6. The van der Waals surface area contributed by atoms with E-state index in [-0.39, 0.29) is 12.4 Å². The molecule has 8 heteroatoms. The molecule has 0 aliphatic carbocycles. The molecule has 0 radical (unpaired) electrons. The Balaban J connectivity index is 2.02. The highest BCUT2D eigenvalue weighted by atomic mass is 32.2. The molecule has 2 aromatic rings. The first-order valence-corrected chi connectivity index (χ1v) is 9.70. The van der Waals surface area contributed by atoms with Crippen LogP contribution in [0.2, 0.25) is 0 Å². The fourth-order valence-electron chi connectivity index (χ4n) is 2.29. The molecule has 0 amide bonds. The molecule has 0 saturated carbocycles. The summed E-state index contributed by atoms with van der Waals surface area (Å²) in [5.41, 5.74) is -0.477. The van der Waals surface area contributed by atoms with E-state index in [0.717, 1.165) is 0 Å². The van der Waals surface area contributed by atoms with Crippen molar-refractivity contribution in [3.8, 4) is 11.8 Å². The van der Waals surface area contributed by atoms with Crippen molar-refractivity contribution in [2.75, 3.05) is 13.7 Å². The Morgan fingerprint density at radius 3 is 2.33 bits per heavy atom. The van der Waals surface area contributed by atoms with E-state index in [9.17, 15) is 18.5 Å². The molecule has 0 aliphatic rings. The molecule has 27 heavy (non-hydrogen) atoms. The third kappa shape index (κ3) is 6.09. The molecule has 0 spiro atoms. The van der Waals surface area contributed by atoms with Gasteiger partial charge in [-0.05, 0) is 36.8 Å². The third-order valence-electron chi connectivity index (χ3n) is 3.63. The number of nitriles is 1. The van der Waals surface area contributed by atoms with Gasteiger partial charge >= 0.3 is 5.97 Å². The van der Waals surface area contributed by atoms with E-state index < -0.39 is 21.5 Å². The molecule has 1 atom stereocenters. The normalized spacial score (nSPS) is 13.2. The van der Waals surface area contributed by atoms with Gasteiger partial charge in [0.25, 0.3) is 0 Å². The molecule has 2 aromatic carbocycles. The lowest BCUT2D eigenvalue weighted by Crippen LogP contribution is -2.49. The minimum Gasteiger partial charge on any atom is -0.491 e. The summed E-state index contributed by atoms with van der Waals surface area (Å²) in [5.74, 6) is -0.317. The first-order chi connectivity index (χ1) is 12.8. The van der Waals surface area contributed by atoms with Crippen LogP contribution in [0.25, 0.3) is 0 Å². The summed E-state index contributed by atoms with van der Waals surface area (Å²) in [6, 6.07) is 16.7.